The van der Waals surface area contributed by atoms with Crippen molar-refractivity contribution >= 4 is 17.0 Å². The topological polar surface area (TPSA) is 88.0 Å². The van der Waals surface area contributed by atoms with E-state index >= 15 is 0 Å². The Hall–Kier alpha value is -2.25. The van der Waals surface area contributed by atoms with Gasteiger partial charge in [0.25, 0.3) is 11.3 Å². The maximum atomic E-state index is 11.1. The zero-order valence-electron chi connectivity index (χ0n) is 16.9. The Balaban J connectivity index is 1.69. The van der Waals surface area contributed by atoms with E-state index in [0.717, 1.165) is 37.0 Å². The number of hydrogen-bond acceptors (Lipinski definition) is 4. The fourth-order valence-corrected chi connectivity index (χ4v) is 4.09. The van der Waals surface area contributed by atoms with E-state index in [1.165, 1.54) is 23.6 Å². The van der Waals surface area contributed by atoms with Gasteiger partial charge >= 0.3 is 0 Å². The summed E-state index contributed by atoms with van der Waals surface area (Å²) >= 11 is -2.25. The molecule has 7 heteroatoms. The highest BCUT2D eigenvalue weighted by molar-refractivity contribution is 7.80. The normalized spacial score (nSPS) is 15.7. The van der Waals surface area contributed by atoms with Gasteiger partial charge in [-0.3, -0.25) is 9.27 Å². The summed E-state index contributed by atoms with van der Waals surface area (Å²) in [6.07, 6.45) is 5.61. The fraction of sp³-hybridized carbons (Fsp3) is 0.455. The third kappa shape index (κ3) is 5.87. The molecule has 1 unspecified atom stereocenters. The van der Waals surface area contributed by atoms with Gasteiger partial charge in [0.15, 0.2) is 0 Å². The third-order valence-electron chi connectivity index (χ3n) is 5.46. The number of nitrogens with one attached hydrogen (secondary N) is 1. The monoisotopic (exact) mass is 419 g/mol. The van der Waals surface area contributed by atoms with Gasteiger partial charge in [0.05, 0.1) is 5.69 Å². The molecule has 1 saturated carbocycles. The van der Waals surface area contributed by atoms with Gasteiger partial charge in [-0.25, -0.2) is 4.21 Å². The minimum absolute atomic E-state index is 0.114. The second-order valence-electron chi connectivity index (χ2n) is 7.54. The Morgan fingerprint density at radius 1 is 1.03 bits per heavy atom. The highest BCUT2D eigenvalue weighted by atomic mass is 32.2. The molecule has 0 amide bonds. The van der Waals surface area contributed by atoms with Crippen molar-refractivity contribution in [3.63, 3.8) is 0 Å². The Morgan fingerprint density at radius 2 is 1.76 bits per heavy atom. The second-order valence-corrected chi connectivity index (χ2v) is 8.24. The predicted molar refractivity (Wildman–Crippen MR) is 115 cm³/mol. The molecule has 0 aromatic heterocycles. The first-order valence-corrected chi connectivity index (χ1v) is 11.1. The minimum Gasteiger partial charge on any atom is -0.506 e. The van der Waals surface area contributed by atoms with Gasteiger partial charge in [-0.1, -0.05) is 25.3 Å². The first-order valence-electron chi connectivity index (χ1n) is 10.0. The van der Waals surface area contributed by atoms with E-state index in [2.05, 4.69) is 11.6 Å². The average molecular weight is 420 g/mol. The standard InChI is InChI=1S/C22H29NO5S/c1-15-8-9-18(12-16(15)2)27-10-11-28-22-14-21(24)20(23-29(25)26)13-19(22)17-6-4-3-5-7-17/h8-9,12-14,17,23-24H,3-7,10-11H2,1-2H3,(H,25,26). The van der Waals surface area contributed by atoms with Crippen molar-refractivity contribution in [2.24, 2.45) is 0 Å². The van der Waals surface area contributed by atoms with Crippen LogP contribution in [0, 0.1) is 13.8 Å². The number of benzene rings is 2. The van der Waals surface area contributed by atoms with Crippen molar-refractivity contribution in [3.05, 3.63) is 47.0 Å². The van der Waals surface area contributed by atoms with Crippen LogP contribution in [-0.4, -0.2) is 27.1 Å². The maximum absolute atomic E-state index is 11.1. The van der Waals surface area contributed by atoms with Crippen molar-refractivity contribution in [3.8, 4) is 17.2 Å². The first-order chi connectivity index (χ1) is 13.9. The van der Waals surface area contributed by atoms with Crippen LogP contribution in [0.25, 0.3) is 0 Å². The molecule has 0 bridgehead atoms. The van der Waals surface area contributed by atoms with Gasteiger partial charge in [-0.05, 0) is 67.5 Å². The third-order valence-corrected chi connectivity index (χ3v) is 5.85. The SMILES string of the molecule is Cc1ccc(OCCOc2cc(O)c(NS(=O)O)cc2C2CCCCC2)cc1C. The Kier molecular flexibility index (Phi) is 7.39. The maximum Gasteiger partial charge on any atom is 0.259 e. The molecule has 6 nitrogen and oxygen atoms in total. The van der Waals surface area contributed by atoms with Crippen molar-refractivity contribution in [1.82, 2.24) is 0 Å². The van der Waals surface area contributed by atoms with Crippen molar-refractivity contribution in [2.45, 2.75) is 51.9 Å². The first kappa shape index (κ1) is 21.5. The summed E-state index contributed by atoms with van der Waals surface area (Å²) in [5, 5.41) is 10.2. The smallest absolute Gasteiger partial charge is 0.259 e. The van der Waals surface area contributed by atoms with E-state index in [9.17, 15) is 9.32 Å². The quantitative estimate of drug-likeness (QED) is 0.316. The van der Waals surface area contributed by atoms with E-state index in [1.807, 2.05) is 25.1 Å². The minimum atomic E-state index is -2.25. The molecule has 1 fully saturated rings. The molecule has 0 saturated heterocycles. The van der Waals surface area contributed by atoms with Crippen LogP contribution in [0.5, 0.6) is 17.2 Å². The van der Waals surface area contributed by atoms with E-state index in [4.69, 9.17) is 14.0 Å². The summed E-state index contributed by atoms with van der Waals surface area (Å²) < 4.78 is 34.4. The summed E-state index contributed by atoms with van der Waals surface area (Å²) in [6.45, 7) is 4.83. The molecule has 2 aromatic carbocycles. The van der Waals surface area contributed by atoms with Crippen molar-refractivity contribution in [1.29, 1.82) is 0 Å². The van der Waals surface area contributed by atoms with Crippen LogP contribution >= 0.6 is 0 Å². The molecule has 0 aliphatic heterocycles. The molecule has 0 heterocycles. The molecule has 1 aliphatic carbocycles. The van der Waals surface area contributed by atoms with Crippen LogP contribution in [0.1, 0.15) is 54.7 Å². The Labute approximate surface area is 174 Å². The van der Waals surface area contributed by atoms with E-state index in [0.29, 0.717) is 24.9 Å². The zero-order chi connectivity index (χ0) is 20.8. The van der Waals surface area contributed by atoms with Crippen LogP contribution in [0.15, 0.2) is 30.3 Å². The highest BCUT2D eigenvalue weighted by Gasteiger charge is 2.22. The van der Waals surface area contributed by atoms with Crippen molar-refractivity contribution < 1.29 is 23.3 Å². The van der Waals surface area contributed by atoms with Gasteiger partial charge in [0, 0.05) is 6.07 Å². The van der Waals surface area contributed by atoms with E-state index in [1.54, 1.807) is 6.07 Å². The highest BCUT2D eigenvalue weighted by Crippen LogP contribution is 2.42. The van der Waals surface area contributed by atoms with E-state index in [-0.39, 0.29) is 11.4 Å². The largest absolute Gasteiger partial charge is 0.506 e. The molecule has 0 spiro atoms. The van der Waals surface area contributed by atoms with Gasteiger partial charge in [-0.2, -0.15) is 0 Å². The number of hydrogen-bond donors (Lipinski definition) is 3. The summed E-state index contributed by atoms with van der Waals surface area (Å²) in [5.41, 5.74) is 3.60. The lowest BCUT2D eigenvalue weighted by atomic mass is 9.83. The van der Waals surface area contributed by atoms with E-state index < -0.39 is 11.3 Å². The lowest BCUT2D eigenvalue weighted by Crippen LogP contribution is -2.13. The number of aryl methyl sites for hydroxylation is 2. The van der Waals surface area contributed by atoms with Crippen molar-refractivity contribution in [2.75, 3.05) is 17.9 Å². The zero-order valence-corrected chi connectivity index (χ0v) is 17.8. The molecule has 158 valence electrons. The molecule has 0 radical (unpaired) electrons. The summed E-state index contributed by atoms with van der Waals surface area (Å²) in [6, 6.07) is 9.23. The lowest BCUT2D eigenvalue weighted by Gasteiger charge is -2.25. The fourth-order valence-electron chi connectivity index (χ4n) is 3.73. The number of aromatic hydroxyl groups is 1. The summed E-state index contributed by atoms with van der Waals surface area (Å²) in [5.74, 6) is 1.61. The van der Waals surface area contributed by atoms with Gasteiger partial charge in [0.1, 0.15) is 30.5 Å². The molecule has 2 aromatic rings. The molecular formula is C22H29NO5S. The molecular weight excluding hydrogens is 390 g/mol. The number of ether oxygens (including phenoxy) is 2. The van der Waals surface area contributed by atoms with Gasteiger partial charge in [0.2, 0.25) is 0 Å². The number of phenolic OH excluding ortho intramolecular Hbond substituents is 1. The molecule has 1 atom stereocenters. The lowest BCUT2D eigenvalue weighted by molar-refractivity contribution is 0.214. The van der Waals surface area contributed by atoms with Gasteiger partial charge < -0.3 is 14.6 Å². The number of rotatable bonds is 8. The van der Waals surface area contributed by atoms with Crippen LogP contribution in [0.4, 0.5) is 5.69 Å². The predicted octanol–water partition coefficient (Wildman–Crippen LogP) is 5.06. The second kappa shape index (κ2) is 9.98. The number of anilines is 1. The Morgan fingerprint density at radius 3 is 2.45 bits per heavy atom. The summed E-state index contributed by atoms with van der Waals surface area (Å²) in [4.78, 5) is 0. The van der Waals surface area contributed by atoms with Crippen LogP contribution in [0.3, 0.4) is 0 Å². The number of phenols is 1. The van der Waals surface area contributed by atoms with Crippen LogP contribution in [0.2, 0.25) is 0 Å². The molecule has 3 N–H and O–H groups in total. The molecule has 1 aliphatic rings. The summed E-state index contributed by atoms with van der Waals surface area (Å²) in [7, 11) is 0. The average Bonchev–Trinajstić information content (AvgIpc) is 2.70. The Bertz CT molecular complexity index is 865. The van der Waals surface area contributed by atoms with Gasteiger partial charge in [-0.15, -0.1) is 0 Å². The van der Waals surface area contributed by atoms with Crippen LogP contribution in [-0.2, 0) is 11.3 Å². The molecule has 29 heavy (non-hydrogen) atoms. The molecule has 3 rings (SSSR count). The van der Waals surface area contributed by atoms with Crippen LogP contribution < -0.4 is 14.2 Å².